The predicted octanol–water partition coefficient (Wildman–Crippen LogP) is 2.23. The van der Waals surface area contributed by atoms with E-state index < -0.39 is 0 Å². The summed E-state index contributed by atoms with van der Waals surface area (Å²) < 4.78 is 16.6. The molecule has 2 aromatic rings. The Morgan fingerprint density at radius 3 is 2.80 bits per heavy atom. The smallest absolute Gasteiger partial charge is 0.289 e. The summed E-state index contributed by atoms with van der Waals surface area (Å²) in [4.78, 5) is 17.3. The highest BCUT2D eigenvalue weighted by atomic mass is 16.5. The van der Waals surface area contributed by atoms with E-state index in [1.807, 2.05) is 29.2 Å². The second-order valence-electron chi connectivity index (χ2n) is 6.89. The van der Waals surface area contributed by atoms with Gasteiger partial charge in [0.15, 0.2) is 17.1 Å². The Morgan fingerprint density at radius 2 is 2.04 bits per heavy atom. The number of likely N-dealkylation sites (tertiary alicyclic amines) is 1. The first-order chi connectivity index (χ1) is 12.2. The van der Waals surface area contributed by atoms with Crippen molar-refractivity contribution in [2.45, 2.75) is 13.0 Å². The van der Waals surface area contributed by atoms with E-state index in [4.69, 9.17) is 13.9 Å². The SMILES string of the molecule is COc1cccc2cc(C(=O)N3C[C@H](C)[C@@H](N4CCOCC4)C3)oc12. The lowest BCUT2D eigenvalue weighted by molar-refractivity contribution is 0.0119. The van der Waals surface area contributed by atoms with Crippen LogP contribution in [0.3, 0.4) is 0 Å². The van der Waals surface area contributed by atoms with Crippen LogP contribution < -0.4 is 4.74 Å². The van der Waals surface area contributed by atoms with Crippen molar-refractivity contribution in [1.29, 1.82) is 0 Å². The molecular weight excluding hydrogens is 320 g/mol. The summed E-state index contributed by atoms with van der Waals surface area (Å²) in [6.45, 7) is 7.16. The van der Waals surface area contributed by atoms with Crippen molar-refractivity contribution in [3.05, 3.63) is 30.0 Å². The lowest BCUT2D eigenvalue weighted by atomic mass is 10.0. The summed E-state index contributed by atoms with van der Waals surface area (Å²) in [5, 5.41) is 0.889. The fourth-order valence-electron chi connectivity index (χ4n) is 3.96. The molecule has 0 aliphatic carbocycles. The van der Waals surface area contributed by atoms with Gasteiger partial charge in [-0.15, -0.1) is 0 Å². The fraction of sp³-hybridized carbons (Fsp3) is 0.526. The zero-order valence-electron chi connectivity index (χ0n) is 14.7. The van der Waals surface area contributed by atoms with Crippen LogP contribution in [0.4, 0.5) is 0 Å². The van der Waals surface area contributed by atoms with Gasteiger partial charge < -0.3 is 18.8 Å². The molecule has 1 amide bonds. The molecule has 2 aliphatic heterocycles. The number of hydrogen-bond acceptors (Lipinski definition) is 5. The average Bonchev–Trinajstić information content (AvgIpc) is 3.25. The first-order valence-electron chi connectivity index (χ1n) is 8.85. The second kappa shape index (κ2) is 6.69. The molecule has 0 bridgehead atoms. The molecule has 6 heteroatoms. The molecule has 134 valence electrons. The van der Waals surface area contributed by atoms with Crippen molar-refractivity contribution in [1.82, 2.24) is 9.80 Å². The zero-order valence-corrected chi connectivity index (χ0v) is 14.7. The standard InChI is InChI=1S/C19H24N2O4/c1-13-11-21(12-15(13)20-6-8-24-9-7-20)19(22)17-10-14-4-3-5-16(23-2)18(14)25-17/h3-5,10,13,15H,6-9,11-12H2,1-2H3/t13-,15-/m0/s1. The molecular formula is C19H24N2O4. The van der Waals surface area contributed by atoms with Crippen molar-refractivity contribution in [3.8, 4) is 5.75 Å². The predicted molar refractivity (Wildman–Crippen MR) is 94.0 cm³/mol. The van der Waals surface area contributed by atoms with Crippen LogP contribution in [0.1, 0.15) is 17.5 Å². The minimum absolute atomic E-state index is 0.0409. The molecule has 0 unspecified atom stereocenters. The molecule has 4 rings (SSSR count). The number of benzene rings is 1. The van der Waals surface area contributed by atoms with Crippen molar-refractivity contribution >= 4 is 16.9 Å². The van der Waals surface area contributed by atoms with Crippen LogP contribution in [-0.2, 0) is 4.74 Å². The Balaban J connectivity index is 1.53. The Hall–Kier alpha value is -2.05. The minimum atomic E-state index is -0.0409. The normalized spacial score (nSPS) is 24.8. The van der Waals surface area contributed by atoms with Gasteiger partial charge >= 0.3 is 0 Å². The van der Waals surface area contributed by atoms with Crippen molar-refractivity contribution in [2.75, 3.05) is 46.5 Å². The molecule has 25 heavy (non-hydrogen) atoms. The van der Waals surface area contributed by atoms with Crippen molar-refractivity contribution in [3.63, 3.8) is 0 Å². The number of amides is 1. The molecule has 2 fully saturated rings. The number of rotatable bonds is 3. The molecule has 3 heterocycles. The maximum Gasteiger partial charge on any atom is 0.289 e. The van der Waals surface area contributed by atoms with Gasteiger partial charge in [0.2, 0.25) is 0 Å². The van der Waals surface area contributed by atoms with Gasteiger partial charge in [-0.2, -0.15) is 0 Å². The van der Waals surface area contributed by atoms with Crippen molar-refractivity contribution < 1.29 is 18.7 Å². The van der Waals surface area contributed by atoms with E-state index in [0.29, 0.717) is 29.1 Å². The van der Waals surface area contributed by atoms with E-state index in [-0.39, 0.29) is 5.91 Å². The lowest BCUT2D eigenvalue weighted by Gasteiger charge is -2.33. The minimum Gasteiger partial charge on any atom is -0.493 e. The summed E-state index contributed by atoms with van der Waals surface area (Å²) in [6, 6.07) is 7.88. The number of fused-ring (bicyclic) bond motifs is 1. The molecule has 2 atom stereocenters. The van der Waals surface area contributed by atoms with Gasteiger partial charge in [0.25, 0.3) is 5.91 Å². The maximum atomic E-state index is 12.9. The van der Waals surface area contributed by atoms with Gasteiger partial charge in [0, 0.05) is 37.6 Å². The molecule has 2 saturated heterocycles. The fourth-order valence-corrected chi connectivity index (χ4v) is 3.96. The first kappa shape index (κ1) is 16.4. The summed E-state index contributed by atoms with van der Waals surface area (Å²) in [5.41, 5.74) is 0.630. The summed E-state index contributed by atoms with van der Waals surface area (Å²) >= 11 is 0. The highest BCUT2D eigenvalue weighted by molar-refractivity contribution is 5.97. The quantitative estimate of drug-likeness (QED) is 0.855. The van der Waals surface area contributed by atoms with Crippen LogP contribution in [0.15, 0.2) is 28.7 Å². The largest absolute Gasteiger partial charge is 0.493 e. The van der Waals surface area contributed by atoms with Gasteiger partial charge in [0.1, 0.15) is 0 Å². The molecule has 1 aromatic carbocycles. The molecule has 0 saturated carbocycles. The van der Waals surface area contributed by atoms with E-state index in [2.05, 4.69) is 11.8 Å². The highest BCUT2D eigenvalue weighted by Gasteiger charge is 2.37. The summed E-state index contributed by atoms with van der Waals surface area (Å²) in [7, 11) is 1.61. The average molecular weight is 344 g/mol. The number of ether oxygens (including phenoxy) is 2. The van der Waals surface area contributed by atoms with Gasteiger partial charge in [-0.3, -0.25) is 9.69 Å². The van der Waals surface area contributed by atoms with Crippen LogP contribution in [0.5, 0.6) is 5.75 Å². The van der Waals surface area contributed by atoms with Gasteiger partial charge in [-0.25, -0.2) is 0 Å². The molecule has 1 aromatic heterocycles. The number of furan rings is 1. The topological polar surface area (TPSA) is 55.2 Å². The Kier molecular flexibility index (Phi) is 4.39. The Bertz CT molecular complexity index is 766. The van der Waals surface area contributed by atoms with E-state index in [9.17, 15) is 4.79 Å². The maximum absolute atomic E-state index is 12.9. The number of morpholine rings is 1. The van der Waals surface area contributed by atoms with E-state index in [1.165, 1.54) is 0 Å². The molecule has 0 N–H and O–H groups in total. The van der Waals surface area contributed by atoms with Crippen LogP contribution in [0, 0.1) is 5.92 Å². The van der Waals surface area contributed by atoms with Crippen LogP contribution in [0.25, 0.3) is 11.0 Å². The van der Waals surface area contributed by atoms with E-state index in [1.54, 1.807) is 7.11 Å². The summed E-state index contributed by atoms with van der Waals surface area (Å²) in [6.07, 6.45) is 0. The van der Waals surface area contributed by atoms with Gasteiger partial charge in [-0.05, 0) is 18.1 Å². The van der Waals surface area contributed by atoms with E-state index >= 15 is 0 Å². The number of nitrogens with zero attached hydrogens (tertiary/aromatic N) is 2. The van der Waals surface area contributed by atoms with Gasteiger partial charge in [-0.1, -0.05) is 19.1 Å². The van der Waals surface area contributed by atoms with E-state index in [0.717, 1.165) is 44.8 Å². The van der Waals surface area contributed by atoms with Crippen LogP contribution in [0.2, 0.25) is 0 Å². The monoisotopic (exact) mass is 344 g/mol. The number of hydrogen-bond donors (Lipinski definition) is 0. The van der Waals surface area contributed by atoms with Crippen LogP contribution in [-0.4, -0.2) is 68.3 Å². The number of carbonyl (C=O) groups excluding carboxylic acids is 1. The number of carbonyl (C=O) groups is 1. The lowest BCUT2D eigenvalue weighted by Crippen LogP contribution is -2.47. The Morgan fingerprint density at radius 1 is 1.24 bits per heavy atom. The third-order valence-corrected chi connectivity index (χ3v) is 5.31. The van der Waals surface area contributed by atoms with Crippen molar-refractivity contribution in [2.24, 2.45) is 5.92 Å². The van der Waals surface area contributed by atoms with Gasteiger partial charge in [0.05, 0.1) is 20.3 Å². The molecule has 2 aliphatic rings. The summed E-state index contributed by atoms with van der Waals surface area (Å²) in [5.74, 6) is 1.44. The molecule has 0 spiro atoms. The number of methoxy groups -OCH3 is 1. The third-order valence-electron chi connectivity index (χ3n) is 5.31. The third kappa shape index (κ3) is 3.00. The second-order valence-corrected chi connectivity index (χ2v) is 6.89. The zero-order chi connectivity index (χ0) is 17.4. The Labute approximate surface area is 147 Å². The van der Waals surface area contributed by atoms with Crippen LogP contribution >= 0.6 is 0 Å². The highest BCUT2D eigenvalue weighted by Crippen LogP contribution is 2.30. The first-order valence-corrected chi connectivity index (χ1v) is 8.85. The molecule has 0 radical (unpaired) electrons. The molecule has 6 nitrogen and oxygen atoms in total. The number of para-hydroxylation sites is 1.